The molecule has 0 aliphatic carbocycles. The van der Waals surface area contributed by atoms with Gasteiger partial charge in [-0.05, 0) is 24.2 Å². The lowest BCUT2D eigenvalue weighted by Gasteiger charge is -2.00. The monoisotopic (exact) mass is 239 g/mol. The molecule has 0 bridgehead atoms. The van der Waals surface area contributed by atoms with Gasteiger partial charge in [0.05, 0.1) is 11.7 Å². The smallest absolute Gasteiger partial charge is 0.0584 e. The van der Waals surface area contributed by atoms with E-state index < -0.39 is 10.8 Å². The Morgan fingerprint density at radius 1 is 1.33 bits per heavy atom. The zero-order valence-corrected chi connectivity index (χ0v) is 10.0. The molecule has 1 aromatic carbocycles. The summed E-state index contributed by atoms with van der Waals surface area (Å²) < 4.78 is 11.6. The van der Waals surface area contributed by atoms with Gasteiger partial charge in [0, 0.05) is 22.3 Å². The summed E-state index contributed by atoms with van der Waals surface area (Å²) in [6, 6.07) is 9.87. The van der Waals surface area contributed by atoms with Crippen molar-refractivity contribution in [2.75, 3.05) is 12.3 Å². The van der Waals surface area contributed by atoms with Crippen LogP contribution in [0.1, 0.15) is 12.0 Å². The predicted octanol–water partition coefficient (Wildman–Crippen LogP) is 2.43. The van der Waals surface area contributed by atoms with Crippen LogP contribution in [-0.4, -0.2) is 21.7 Å². The largest absolute Gasteiger partial charge is 0.259 e. The normalized spacial score (nSPS) is 11.7. The van der Waals surface area contributed by atoms with Crippen molar-refractivity contribution in [3.63, 3.8) is 0 Å². The van der Waals surface area contributed by atoms with E-state index in [-0.39, 0.29) is 0 Å². The van der Waals surface area contributed by atoms with E-state index in [1.54, 1.807) is 0 Å². The molecule has 15 heavy (non-hydrogen) atoms. The molecule has 0 aliphatic rings. The number of hydrogen-bond donors (Lipinski definition) is 0. The SMILES string of the molecule is O=S(CCCN=C=S)Cc1ccccc1. The fourth-order valence-electron chi connectivity index (χ4n) is 1.18. The highest BCUT2D eigenvalue weighted by molar-refractivity contribution is 7.84. The second-order valence-electron chi connectivity index (χ2n) is 3.10. The first-order valence-electron chi connectivity index (χ1n) is 4.75. The quantitative estimate of drug-likeness (QED) is 0.433. The number of rotatable bonds is 6. The second-order valence-corrected chi connectivity index (χ2v) is 4.86. The molecule has 0 N–H and O–H groups in total. The van der Waals surface area contributed by atoms with Crippen LogP contribution in [0.25, 0.3) is 0 Å². The zero-order chi connectivity index (χ0) is 10.9. The minimum Gasteiger partial charge on any atom is -0.259 e. The highest BCUT2D eigenvalue weighted by Crippen LogP contribution is 2.03. The van der Waals surface area contributed by atoms with Crippen LogP contribution in [-0.2, 0) is 16.6 Å². The summed E-state index contributed by atoms with van der Waals surface area (Å²) >= 11 is 4.44. The summed E-state index contributed by atoms with van der Waals surface area (Å²) in [7, 11) is -0.796. The fourth-order valence-corrected chi connectivity index (χ4v) is 2.43. The number of hydrogen-bond acceptors (Lipinski definition) is 3. The fraction of sp³-hybridized carbons (Fsp3) is 0.364. The molecule has 0 radical (unpaired) electrons. The van der Waals surface area contributed by atoms with Gasteiger partial charge in [0.1, 0.15) is 0 Å². The molecular formula is C11H13NOS2. The number of aliphatic imine (C=N–C) groups is 1. The molecule has 0 amide bonds. The first-order chi connectivity index (χ1) is 7.33. The third kappa shape index (κ3) is 5.57. The summed E-state index contributed by atoms with van der Waals surface area (Å²) in [6.07, 6.45) is 0.809. The van der Waals surface area contributed by atoms with Crippen molar-refractivity contribution >= 4 is 28.2 Å². The minimum absolute atomic E-state index is 0.627. The van der Waals surface area contributed by atoms with Crippen molar-refractivity contribution in [1.82, 2.24) is 0 Å². The van der Waals surface area contributed by atoms with Gasteiger partial charge in [-0.1, -0.05) is 30.3 Å². The van der Waals surface area contributed by atoms with Crippen molar-refractivity contribution in [1.29, 1.82) is 0 Å². The Labute approximate surface area is 97.9 Å². The lowest BCUT2D eigenvalue weighted by molar-refractivity contribution is 0.680. The van der Waals surface area contributed by atoms with Crippen LogP contribution in [0, 0.1) is 0 Å². The molecule has 0 saturated carbocycles. The summed E-state index contributed by atoms with van der Waals surface area (Å²) in [5.41, 5.74) is 1.12. The van der Waals surface area contributed by atoms with Gasteiger partial charge in [0.25, 0.3) is 0 Å². The topological polar surface area (TPSA) is 29.4 Å². The molecule has 1 aromatic rings. The summed E-state index contributed by atoms with van der Waals surface area (Å²) in [5, 5.41) is 2.30. The van der Waals surface area contributed by atoms with Crippen LogP contribution in [0.4, 0.5) is 0 Å². The van der Waals surface area contributed by atoms with Gasteiger partial charge in [-0.3, -0.25) is 4.21 Å². The van der Waals surface area contributed by atoms with Crippen molar-refractivity contribution in [2.45, 2.75) is 12.2 Å². The summed E-state index contributed by atoms with van der Waals surface area (Å²) in [4.78, 5) is 3.78. The van der Waals surface area contributed by atoms with Gasteiger partial charge in [-0.15, -0.1) is 0 Å². The highest BCUT2D eigenvalue weighted by Gasteiger charge is 2.00. The van der Waals surface area contributed by atoms with Gasteiger partial charge >= 0.3 is 0 Å². The Morgan fingerprint density at radius 3 is 2.73 bits per heavy atom. The van der Waals surface area contributed by atoms with E-state index in [0.29, 0.717) is 18.1 Å². The molecular weight excluding hydrogens is 226 g/mol. The van der Waals surface area contributed by atoms with Crippen molar-refractivity contribution in [3.05, 3.63) is 35.9 Å². The summed E-state index contributed by atoms with van der Waals surface area (Å²) in [6.45, 7) is 0.629. The van der Waals surface area contributed by atoms with Crippen LogP contribution in [0.5, 0.6) is 0 Å². The zero-order valence-electron chi connectivity index (χ0n) is 8.39. The van der Waals surface area contributed by atoms with Crippen LogP contribution in [0.2, 0.25) is 0 Å². The molecule has 1 rings (SSSR count). The van der Waals surface area contributed by atoms with Crippen LogP contribution in [0.15, 0.2) is 35.3 Å². The molecule has 0 aliphatic heterocycles. The molecule has 0 spiro atoms. The van der Waals surface area contributed by atoms with Crippen molar-refractivity contribution in [3.8, 4) is 0 Å². The molecule has 1 atom stereocenters. The van der Waals surface area contributed by atoms with Gasteiger partial charge in [0.2, 0.25) is 0 Å². The van der Waals surface area contributed by atoms with Crippen LogP contribution >= 0.6 is 12.2 Å². The highest BCUT2D eigenvalue weighted by atomic mass is 32.2. The second kappa shape index (κ2) is 7.46. The average Bonchev–Trinajstić information content (AvgIpc) is 2.26. The summed E-state index contributed by atoms with van der Waals surface area (Å²) in [5.74, 6) is 1.30. The lowest BCUT2D eigenvalue weighted by Crippen LogP contribution is -2.02. The van der Waals surface area contributed by atoms with Gasteiger partial charge in [-0.25, -0.2) is 4.99 Å². The van der Waals surface area contributed by atoms with Gasteiger partial charge < -0.3 is 0 Å². The third-order valence-electron chi connectivity index (χ3n) is 1.88. The number of thiocarbonyl (C=S) groups is 1. The van der Waals surface area contributed by atoms with E-state index in [1.165, 1.54) is 0 Å². The minimum atomic E-state index is -0.796. The molecule has 80 valence electrons. The average molecular weight is 239 g/mol. The molecule has 0 saturated heterocycles. The Kier molecular flexibility index (Phi) is 6.09. The number of benzene rings is 1. The lowest BCUT2D eigenvalue weighted by atomic mass is 10.2. The van der Waals surface area contributed by atoms with Crippen molar-refractivity contribution < 1.29 is 4.21 Å². The first-order valence-corrected chi connectivity index (χ1v) is 6.65. The first kappa shape index (κ1) is 12.2. The van der Waals surface area contributed by atoms with Gasteiger partial charge in [0.15, 0.2) is 0 Å². The maximum absolute atomic E-state index is 11.6. The van der Waals surface area contributed by atoms with E-state index in [2.05, 4.69) is 22.4 Å². The standard InChI is InChI=1S/C11H13NOS2/c13-15(8-4-7-12-10-14)9-11-5-2-1-3-6-11/h1-3,5-6H,4,7-9H2. The van der Waals surface area contributed by atoms with Crippen molar-refractivity contribution in [2.24, 2.45) is 4.99 Å². The molecule has 4 heteroatoms. The third-order valence-corrected chi connectivity index (χ3v) is 3.41. The predicted molar refractivity (Wildman–Crippen MR) is 67.7 cm³/mol. The Morgan fingerprint density at radius 2 is 2.07 bits per heavy atom. The Balaban J connectivity index is 2.27. The van der Waals surface area contributed by atoms with E-state index in [0.717, 1.165) is 12.0 Å². The van der Waals surface area contributed by atoms with E-state index in [9.17, 15) is 4.21 Å². The Hall–Kier alpha value is -0.830. The van der Waals surface area contributed by atoms with E-state index in [1.807, 2.05) is 30.3 Å². The number of isothiocyanates is 1. The molecule has 2 nitrogen and oxygen atoms in total. The maximum Gasteiger partial charge on any atom is 0.0584 e. The van der Waals surface area contributed by atoms with E-state index >= 15 is 0 Å². The van der Waals surface area contributed by atoms with Gasteiger partial charge in [-0.2, -0.15) is 0 Å². The Bertz CT molecular complexity index is 358. The number of nitrogens with zero attached hydrogens (tertiary/aromatic N) is 1. The maximum atomic E-state index is 11.6. The molecule has 1 unspecified atom stereocenters. The molecule has 0 aromatic heterocycles. The van der Waals surface area contributed by atoms with Crippen LogP contribution < -0.4 is 0 Å². The molecule has 0 heterocycles. The van der Waals surface area contributed by atoms with E-state index in [4.69, 9.17) is 0 Å². The molecule has 0 fully saturated rings. The van der Waals surface area contributed by atoms with Crippen LogP contribution in [0.3, 0.4) is 0 Å².